The molecule has 9 heteroatoms. The lowest BCUT2D eigenvalue weighted by atomic mass is 9.66. The Morgan fingerprint density at radius 1 is 1.15 bits per heavy atom. The van der Waals surface area contributed by atoms with Crippen LogP contribution in [0.2, 0.25) is 0 Å². The first-order chi connectivity index (χ1) is 15.7. The summed E-state index contributed by atoms with van der Waals surface area (Å²) >= 11 is 3.50. The molecule has 166 valence electrons. The van der Waals surface area contributed by atoms with Crippen LogP contribution in [0.3, 0.4) is 0 Å². The fourth-order valence-corrected chi connectivity index (χ4v) is 5.38. The van der Waals surface area contributed by atoms with E-state index in [0.29, 0.717) is 34.5 Å². The van der Waals surface area contributed by atoms with Gasteiger partial charge in [-0.05, 0) is 35.7 Å². The minimum atomic E-state index is -1.43. The Kier molecular flexibility index (Phi) is 4.14. The highest BCUT2D eigenvalue weighted by Gasteiger charge is 2.60. The molecule has 1 spiro atoms. The normalized spacial score (nSPS) is 25.1. The summed E-state index contributed by atoms with van der Waals surface area (Å²) in [6.45, 7) is 4.00. The monoisotopic (exact) mass is 505 g/mol. The number of guanidine groups is 1. The first kappa shape index (κ1) is 20.2. The Balaban J connectivity index is 1.54. The highest BCUT2D eigenvalue weighted by Crippen LogP contribution is 2.52. The molecule has 3 N–H and O–H groups in total. The van der Waals surface area contributed by atoms with E-state index in [2.05, 4.69) is 36.9 Å². The lowest BCUT2D eigenvalue weighted by Crippen LogP contribution is -2.56. The summed E-state index contributed by atoms with van der Waals surface area (Å²) in [5.41, 5.74) is 1.49. The molecule has 1 aromatic heterocycles. The Morgan fingerprint density at radius 2 is 1.97 bits per heavy atom. The number of ketones is 1. The standard InChI is InChI=1S/C24H20BrN5O3/c1-23(2)10-16-19(17(31)11-23)24(13-9-12(25)7-8-14(13)26-20(24)32)30-21(27-16)29-22-28-15-5-3-4-6-18(15)33-22/h3-10,19H,11H2,1-2H3,(H,26,32)(H2,27,28,29,30)/t19-,24-/m0/s1. The number of benzene rings is 2. The second-order valence-corrected chi connectivity index (χ2v) is 10.2. The zero-order valence-electron chi connectivity index (χ0n) is 17.9. The van der Waals surface area contributed by atoms with Gasteiger partial charge >= 0.3 is 6.01 Å². The van der Waals surface area contributed by atoms with Crippen LogP contribution < -0.4 is 16.0 Å². The number of oxazole rings is 1. The van der Waals surface area contributed by atoms with E-state index in [1.807, 2.05) is 62.4 Å². The van der Waals surface area contributed by atoms with E-state index in [-0.39, 0.29) is 29.1 Å². The zero-order valence-corrected chi connectivity index (χ0v) is 19.5. The van der Waals surface area contributed by atoms with Crippen LogP contribution in [-0.4, -0.2) is 22.6 Å². The average molecular weight is 506 g/mol. The van der Waals surface area contributed by atoms with E-state index in [9.17, 15) is 9.59 Å². The summed E-state index contributed by atoms with van der Waals surface area (Å²) in [5, 5.41) is 9.24. The van der Waals surface area contributed by atoms with Gasteiger partial charge in [0.05, 0.1) is 5.92 Å². The number of para-hydroxylation sites is 2. The molecule has 8 nitrogen and oxygen atoms in total. The molecular formula is C24H20BrN5O3. The molecule has 2 aromatic carbocycles. The highest BCUT2D eigenvalue weighted by molar-refractivity contribution is 9.10. The average Bonchev–Trinajstić information content (AvgIpc) is 3.25. The van der Waals surface area contributed by atoms with Crippen LogP contribution in [0.25, 0.3) is 11.1 Å². The van der Waals surface area contributed by atoms with Crippen molar-refractivity contribution in [1.82, 2.24) is 10.3 Å². The molecule has 2 atom stereocenters. The molecule has 0 radical (unpaired) electrons. The molecule has 0 bridgehead atoms. The maximum Gasteiger partial charge on any atom is 0.302 e. The molecule has 0 fully saturated rings. The minimum absolute atomic E-state index is 0.0300. The quantitative estimate of drug-likeness (QED) is 0.454. The molecule has 3 aromatic rings. The van der Waals surface area contributed by atoms with Gasteiger partial charge in [-0.3, -0.25) is 14.9 Å². The van der Waals surface area contributed by atoms with Crippen LogP contribution in [0.15, 0.2) is 68.1 Å². The molecular weight excluding hydrogens is 486 g/mol. The van der Waals surface area contributed by atoms with E-state index >= 15 is 0 Å². The number of Topliss-reactive ketones (excluding diaryl/α,β-unsaturated/α-hetero) is 1. The van der Waals surface area contributed by atoms with E-state index in [4.69, 9.17) is 9.41 Å². The van der Waals surface area contributed by atoms with Gasteiger partial charge in [0.25, 0.3) is 5.91 Å². The third kappa shape index (κ3) is 3.02. The number of amides is 1. The number of rotatable bonds is 1. The second kappa shape index (κ2) is 6.77. The van der Waals surface area contributed by atoms with E-state index in [1.54, 1.807) is 0 Å². The fraction of sp³-hybridized carbons (Fsp3) is 0.250. The molecule has 0 saturated carbocycles. The summed E-state index contributed by atoms with van der Waals surface area (Å²) in [7, 11) is 0. The number of aromatic nitrogens is 1. The summed E-state index contributed by atoms with van der Waals surface area (Å²) < 4.78 is 6.60. The van der Waals surface area contributed by atoms with Crippen molar-refractivity contribution >= 4 is 56.4 Å². The Bertz CT molecular complexity index is 1390. The first-order valence-electron chi connectivity index (χ1n) is 10.6. The molecule has 3 heterocycles. The Hall–Kier alpha value is -3.46. The highest BCUT2D eigenvalue weighted by atomic mass is 79.9. The molecule has 0 unspecified atom stereocenters. The maximum absolute atomic E-state index is 13.5. The largest absolute Gasteiger partial charge is 0.423 e. The van der Waals surface area contributed by atoms with Crippen molar-refractivity contribution in [3.63, 3.8) is 0 Å². The summed E-state index contributed by atoms with van der Waals surface area (Å²) in [4.78, 5) is 36.2. The fourth-order valence-electron chi connectivity index (χ4n) is 5.02. The second-order valence-electron chi connectivity index (χ2n) is 9.27. The Morgan fingerprint density at radius 3 is 2.79 bits per heavy atom. The van der Waals surface area contributed by atoms with Gasteiger partial charge in [-0.25, -0.2) is 4.99 Å². The lowest BCUT2D eigenvalue weighted by Gasteiger charge is -2.42. The number of halogens is 1. The number of nitrogens with one attached hydrogen (secondary N) is 3. The Labute approximate surface area is 197 Å². The van der Waals surface area contributed by atoms with Gasteiger partial charge in [0, 0.05) is 27.8 Å². The van der Waals surface area contributed by atoms with E-state index in [1.165, 1.54) is 0 Å². The number of allylic oxidation sites excluding steroid dienone is 1. The smallest absolute Gasteiger partial charge is 0.302 e. The molecule has 33 heavy (non-hydrogen) atoms. The maximum atomic E-state index is 13.5. The van der Waals surface area contributed by atoms with Gasteiger partial charge in [-0.1, -0.05) is 48.0 Å². The third-order valence-electron chi connectivity index (χ3n) is 6.28. The number of hydrogen-bond acceptors (Lipinski definition) is 7. The summed E-state index contributed by atoms with van der Waals surface area (Å²) in [5.74, 6) is -0.830. The first-order valence-corrected chi connectivity index (χ1v) is 11.4. The molecule has 1 aliphatic carbocycles. The number of carbonyl (C=O) groups is 2. The van der Waals surface area contributed by atoms with Crippen LogP contribution in [0.1, 0.15) is 25.8 Å². The van der Waals surface area contributed by atoms with Crippen molar-refractivity contribution in [1.29, 1.82) is 0 Å². The van der Waals surface area contributed by atoms with Gasteiger partial charge in [0.1, 0.15) is 11.3 Å². The zero-order chi connectivity index (χ0) is 23.0. The van der Waals surface area contributed by atoms with Crippen LogP contribution in [0.5, 0.6) is 0 Å². The molecule has 3 aliphatic rings. The van der Waals surface area contributed by atoms with Crippen LogP contribution >= 0.6 is 15.9 Å². The predicted octanol–water partition coefficient (Wildman–Crippen LogP) is 4.31. The van der Waals surface area contributed by atoms with E-state index in [0.717, 1.165) is 4.47 Å². The number of hydrogen-bond donors (Lipinski definition) is 3. The molecule has 6 rings (SSSR count). The van der Waals surface area contributed by atoms with Crippen LogP contribution in [0, 0.1) is 11.3 Å². The van der Waals surface area contributed by atoms with Gasteiger partial charge in [-0.2, -0.15) is 4.98 Å². The van der Waals surface area contributed by atoms with Crippen molar-refractivity contribution in [3.8, 4) is 0 Å². The summed E-state index contributed by atoms with van der Waals surface area (Å²) in [6.07, 6.45) is 2.34. The number of aliphatic imine (C=N–C) groups is 1. The van der Waals surface area contributed by atoms with Crippen LogP contribution in [0.4, 0.5) is 11.7 Å². The number of carbonyl (C=O) groups excluding carboxylic acids is 2. The van der Waals surface area contributed by atoms with Gasteiger partial charge in [-0.15, -0.1) is 0 Å². The van der Waals surface area contributed by atoms with Crippen molar-refractivity contribution in [2.75, 3.05) is 10.6 Å². The van der Waals surface area contributed by atoms with Crippen molar-refractivity contribution in [2.45, 2.75) is 25.8 Å². The summed E-state index contributed by atoms with van der Waals surface area (Å²) in [6, 6.07) is 13.2. The van der Waals surface area contributed by atoms with Crippen molar-refractivity contribution < 1.29 is 14.0 Å². The minimum Gasteiger partial charge on any atom is -0.423 e. The van der Waals surface area contributed by atoms with E-state index < -0.39 is 11.5 Å². The SMILES string of the molecule is CC1(C)C=C2NC(Nc3nc4ccccc4o3)=N[C@]3(C(=O)Nc4ccc(Br)cc43)[C@@H]2C(=O)C1. The number of nitrogens with zero attached hydrogens (tertiary/aromatic N) is 2. The number of anilines is 2. The van der Waals surface area contributed by atoms with Crippen molar-refractivity contribution in [2.24, 2.45) is 16.3 Å². The van der Waals surface area contributed by atoms with Gasteiger partial charge in [0.2, 0.25) is 5.96 Å². The van der Waals surface area contributed by atoms with Crippen LogP contribution in [-0.2, 0) is 15.1 Å². The van der Waals surface area contributed by atoms with Gasteiger partial charge in [0.15, 0.2) is 11.1 Å². The van der Waals surface area contributed by atoms with Gasteiger partial charge < -0.3 is 15.1 Å². The topological polar surface area (TPSA) is 109 Å². The molecule has 1 amide bonds. The lowest BCUT2D eigenvalue weighted by molar-refractivity contribution is -0.132. The number of fused-ring (bicyclic) bond motifs is 5. The third-order valence-corrected chi connectivity index (χ3v) is 6.78. The molecule has 2 aliphatic heterocycles. The van der Waals surface area contributed by atoms with Crippen molar-refractivity contribution in [3.05, 3.63) is 64.3 Å². The molecule has 0 saturated heterocycles. The predicted molar refractivity (Wildman–Crippen MR) is 128 cm³/mol.